The van der Waals surface area contributed by atoms with Crippen LogP contribution in [0.4, 0.5) is 5.95 Å². The second kappa shape index (κ2) is 10.8. The van der Waals surface area contributed by atoms with Crippen molar-refractivity contribution in [3.63, 3.8) is 0 Å². The fourth-order valence-corrected chi connectivity index (χ4v) is 7.39. The minimum atomic E-state index is -4.98. The predicted octanol–water partition coefficient (Wildman–Crippen LogP) is -0.537. The molecule has 4 unspecified atom stereocenters. The van der Waals surface area contributed by atoms with Crippen LogP contribution in [0.2, 0.25) is 0 Å². The molecule has 3 aliphatic heterocycles. The van der Waals surface area contributed by atoms with Gasteiger partial charge in [0.1, 0.15) is 36.6 Å². The van der Waals surface area contributed by atoms with Gasteiger partial charge in [0.2, 0.25) is 5.95 Å². The number of rotatable bonds is 2. The molecular weight excluding hydrogens is 627 g/mol. The SMILES string of the molecule is [B-]P1(=O)OC[C@H]2O[C@@H](n3cnc4ccccc43)[C@@H](O)C2OP(=O)(O)OC[C@H]2O[C@@H](n3cnc4c(=O)[nH]c(N)nc43)[C@@H](O1)C2O. The van der Waals surface area contributed by atoms with Gasteiger partial charge in [-0.3, -0.25) is 23.4 Å². The molecule has 3 fully saturated rings. The van der Waals surface area contributed by atoms with Crippen LogP contribution in [0.5, 0.6) is 0 Å². The monoisotopic (exact) mass is 651 g/mol. The summed E-state index contributed by atoms with van der Waals surface area (Å²) in [5, 5.41) is 22.2. The van der Waals surface area contributed by atoms with E-state index in [-0.39, 0.29) is 17.1 Å². The van der Waals surface area contributed by atoms with E-state index in [9.17, 15) is 29.0 Å². The zero-order valence-corrected chi connectivity index (χ0v) is 24.1. The summed E-state index contributed by atoms with van der Waals surface area (Å²) in [4.78, 5) is 37.5. The smallest absolute Gasteiger partial charge is 0.444 e. The molecule has 0 spiro atoms. The van der Waals surface area contributed by atoms with Gasteiger partial charge in [0.05, 0.1) is 44.4 Å². The lowest BCUT2D eigenvalue weighted by atomic mass is 10.1. The van der Waals surface area contributed by atoms with Crippen molar-refractivity contribution in [2.75, 3.05) is 18.9 Å². The van der Waals surface area contributed by atoms with Crippen LogP contribution in [0.3, 0.4) is 0 Å². The number of ether oxygens (including phenoxy) is 2. The maximum absolute atomic E-state index is 13.4. The number of nitrogens with two attached hydrogens (primary N) is 1. The van der Waals surface area contributed by atoms with Crippen molar-refractivity contribution in [3.05, 3.63) is 47.3 Å². The standard InChI is InChI=1S/C22H24BN7O12P2/c23-43(34)37-6-12-16(15(32)20(40-12)29-7-25-9-3-1-2-4-10(9)29)42-44(35,36)38-5-11-14(31)17(41-43)21(39-11)30-8-26-13-18(30)27-22(24)28-19(13)33/h1-4,7-8,11-12,14-17,20-21,31-32H,5-6H2,(H,35,36)(H3,24,27,28,33)/q-1/t11-,12-,14?,15+,16?,17+,20-,21-,43?/m1/s1. The van der Waals surface area contributed by atoms with E-state index in [0.717, 1.165) is 6.33 Å². The molecule has 0 aliphatic carbocycles. The van der Waals surface area contributed by atoms with Crippen molar-refractivity contribution in [2.24, 2.45) is 0 Å². The van der Waals surface area contributed by atoms with Gasteiger partial charge in [0, 0.05) is 0 Å². The van der Waals surface area contributed by atoms with Gasteiger partial charge >= 0.3 is 7.82 Å². The van der Waals surface area contributed by atoms with E-state index in [1.807, 2.05) is 0 Å². The van der Waals surface area contributed by atoms with Crippen LogP contribution in [0.25, 0.3) is 22.2 Å². The summed E-state index contributed by atoms with van der Waals surface area (Å²) >= 11 is 0. The third-order valence-electron chi connectivity index (χ3n) is 7.45. The Morgan fingerprint density at radius 2 is 1.68 bits per heavy atom. The number of fused-ring (bicyclic) bond motifs is 5. The van der Waals surface area contributed by atoms with Gasteiger partial charge in [-0.1, -0.05) is 12.1 Å². The topological polar surface area (TPSA) is 258 Å². The van der Waals surface area contributed by atoms with Crippen LogP contribution >= 0.6 is 15.3 Å². The maximum atomic E-state index is 13.4. The number of nitrogen functional groups attached to an aromatic ring is 1. The molecule has 6 N–H and O–H groups in total. The largest absolute Gasteiger partial charge is 0.472 e. The first kappa shape index (κ1) is 29.7. The quantitative estimate of drug-likeness (QED) is 0.135. The fourth-order valence-electron chi connectivity index (χ4n) is 5.45. The Labute approximate surface area is 247 Å². The van der Waals surface area contributed by atoms with Crippen molar-refractivity contribution in [1.29, 1.82) is 0 Å². The molecule has 0 amide bonds. The van der Waals surface area contributed by atoms with Crippen LogP contribution in [-0.4, -0.2) is 102 Å². The maximum Gasteiger partial charge on any atom is 0.472 e. The normalized spacial score (nSPS) is 38.3. The number of nitrogens with one attached hydrogen (secondary N) is 1. The number of para-hydroxylation sites is 2. The summed E-state index contributed by atoms with van der Waals surface area (Å²) in [6, 6.07) is 6.99. The number of aromatic nitrogens is 6. The molecule has 3 aromatic heterocycles. The molecule has 4 aromatic rings. The van der Waals surface area contributed by atoms with Gasteiger partial charge in [0.25, 0.3) is 5.56 Å². The number of aliphatic hydroxyl groups is 2. The highest BCUT2D eigenvalue weighted by Crippen LogP contribution is 2.53. The van der Waals surface area contributed by atoms with E-state index in [1.54, 1.807) is 24.3 Å². The molecule has 2 bridgehead atoms. The minimum absolute atomic E-state index is 0.0714. The number of hydrogen-bond donors (Lipinski definition) is 5. The highest BCUT2D eigenvalue weighted by molar-refractivity contribution is 7.79. The lowest BCUT2D eigenvalue weighted by molar-refractivity contribution is -0.0620. The van der Waals surface area contributed by atoms with Crippen LogP contribution < -0.4 is 11.3 Å². The molecule has 6 heterocycles. The number of phosphoric acid groups is 1. The van der Waals surface area contributed by atoms with Crippen molar-refractivity contribution < 1.29 is 51.8 Å². The van der Waals surface area contributed by atoms with Crippen LogP contribution in [0.1, 0.15) is 12.5 Å². The Bertz CT molecular complexity index is 1890. The number of benzene rings is 1. The van der Waals surface area contributed by atoms with Crippen molar-refractivity contribution in [3.8, 4) is 0 Å². The van der Waals surface area contributed by atoms with E-state index in [2.05, 4.69) is 19.9 Å². The Balaban J connectivity index is 1.21. The Kier molecular flexibility index (Phi) is 7.30. The Hall–Kier alpha value is -3.00. The lowest BCUT2D eigenvalue weighted by Gasteiger charge is -2.34. The number of imidazole rings is 2. The molecule has 44 heavy (non-hydrogen) atoms. The van der Waals surface area contributed by atoms with Gasteiger partial charge in [0.15, 0.2) is 23.6 Å². The molecule has 3 aliphatic rings. The van der Waals surface area contributed by atoms with Gasteiger partial charge in [-0.15, -0.1) is 0 Å². The second-order valence-electron chi connectivity index (χ2n) is 10.3. The van der Waals surface area contributed by atoms with Gasteiger partial charge in [-0.2, -0.15) is 4.98 Å². The number of H-pyrrole nitrogens is 1. The number of anilines is 1. The molecular formula is C22H24BN7O12P2-. The molecule has 19 nitrogen and oxygen atoms in total. The van der Waals surface area contributed by atoms with Gasteiger partial charge < -0.3 is 56.1 Å². The second-order valence-corrected chi connectivity index (χ2v) is 13.2. The number of nitrogens with zero attached hydrogens (tertiary/aromatic N) is 5. The number of phosphoric ester groups is 1. The number of aliphatic hydroxyl groups excluding tert-OH is 2. The zero-order valence-electron chi connectivity index (χ0n) is 22.3. The summed E-state index contributed by atoms with van der Waals surface area (Å²) in [6.45, 7) is -1.40. The van der Waals surface area contributed by atoms with E-state index >= 15 is 0 Å². The first-order chi connectivity index (χ1) is 20.9. The van der Waals surface area contributed by atoms with E-state index in [1.165, 1.54) is 15.5 Å². The number of aromatic amines is 1. The highest BCUT2D eigenvalue weighted by Gasteiger charge is 2.52. The molecule has 7 rings (SSSR count). The van der Waals surface area contributed by atoms with Crippen LogP contribution in [0.15, 0.2) is 41.7 Å². The van der Waals surface area contributed by atoms with Crippen LogP contribution in [-0.2, 0) is 36.7 Å². The van der Waals surface area contributed by atoms with Crippen molar-refractivity contribution >= 4 is 51.0 Å². The third kappa shape index (κ3) is 5.21. The van der Waals surface area contributed by atoms with Gasteiger partial charge in [-0.05, 0) is 12.1 Å². The predicted molar refractivity (Wildman–Crippen MR) is 147 cm³/mol. The Morgan fingerprint density at radius 1 is 0.955 bits per heavy atom. The van der Waals surface area contributed by atoms with Crippen LogP contribution in [0, 0.1) is 0 Å². The number of hydrogen-bond acceptors (Lipinski definition) is 15. The molecule has 233 valence electrons. The molecule has 10 atom stereocenters. The summed E-state index contributed by atoms with van der Waals surface area (Å²) in [5.41, 5.74) is 5.99. The summed E-state index contributed by atoms with van der Waals surface area (Å²) < 4.78 is 62.4. The summed E-state index contributed by atoms with van der Waals surface area (Å²) in [7, 11) is -3.64. The molecule has 0 saturated carbocycles. The highest BCUT2D eigenvalue weighted by atomic mass is 31.2. The zero-order chi connectivity index (χ0) is 31.0. The summed E-state index contributed by atoms with van der Waals surface area (Å²) in [5.74, 6) is -0.246. The Morgan fingerprint density at radius 3 is 2.50 bits per heavy atom. The molecule has 3 saturated heterocycles. The van der Waals surface area contributed by atoms with Crippen molar-refractivity contribution in [2.45, 2.75) is 49.1 Å². The molecule has 22 heteroatoms. The average molecular weight is 651 g/mol. The van der Waals surface area contributed by atoms with E-state index in [4.69, 9.17) is 40.9 Å². The first-order valence-corrected chi connectivity index (χ1v) is 16.2. The average Bonchev–Trinajstić information content (AvgIpc) is 3.72. The summed E-state index contributed by atoms with van der Waals surface area (Å²) in [6.07, 6.45) is -9.04. The lowest BCUT2D eigenvalue weighted by Crippen LogP contribution is -2.36. The third-order valence-corrected chi connectivity index (χ3v) is 9.48. The molecule has 1 aromatic carbocycles. The van der Waals surface area contributed by atoms with Gasteiger partial charge in [-0.25, -0.2) is 14.5 Å². The first-order valence-electron chi connectivity index (χ1n) is 13.1. The minimum Gasteiger partial charge on any atom is -0.444 e. The van der Waals surface area contributed by atoms with Crippen molar-refractivity contribution in [1.82, 2.24) is 29.1 Å². The fraction of sp³-hybridized carbons (Fsp3) is 0.455. The molecule has 3 radical (unpaired) electrons. The van der Waals surface area contributed by atoms with E-state index in [0.29, 0.717) is 11.0 Å². The van der Waals surface area contributed by atoms with E-state index < -0.39 is 83.1 Å².